The Kier molecular flexibility index (Phi) is 6.23. The summed E-state index contributed by atoms with van der Waals surface area (Å²) in [5.41, 5.74) is 2.39. The van der Waals surface area contributed by atoms with E-state index in [0.717, 1.165) is 27.3 Å². The summed E-state index contributed by atoms with van der Waals surface area (Å²) in [6, 6.07) is 32.4. The quantitative estimate of drug-likeness (QED) is 0.261. The highest BCUT2D eigenvalue weighted by molar-refractivity contribution is 7.22. The normalized spacial score (nSPS) is 10.7. The fourth-order valence-electron chi connectivity index (χ4n) is 3.58. The molecule has 0 aliphatic rings. The Bertz CT molecular complexity index is 1400. The van der Waals surface area contributed by atoms with Crippen molar-refractivity contribution in [2.75, 3.05) is 12.0 Å². The van der Waals surface area contributed by atoms with Gasteiger partial charge in [-0.2, -0.15) is 0 Å². The van der Waals surface area contributed by atoms with Gasteiger partial charge in [0.05, 0.1) is 23.9 Å². The van der Waals surface area contributed by atoms with Crippen LogP contribution in [-0.4, -0.2) is 18.0 Å². The number of hydrogen-bond acceptors (Lipinski definition) is 5. The topological polar surface area (TPSA) is 51.7 Å². The van der Waals surface area contributed by atoms with E-state index in [1.807, 2.05) is 91.0 Å². The van der Waals surface area contributed by atoms with Gasteiger partial charge in [0.1, 0.15) is 17.2 Å². The molecule has 1 aromatic heterocycles. The zero-order valence-corrected chi connectivity index (χ0v) is 19.4. The van der Waals surface area contributed by atoms with Gasteiger partial charge < -0.3 is 9.47 Å². The smallest absolute Gasteiger partial charge is 0.260 e. The molecule has 0 radical (unpaired) electrons. The van der Waals surface area contributed by atoms with Gasteiger partial charge in [0.25, 0.3) is 5.91 Å². The molecule has 5 aromatic rings. The number of nitrogens with zero attached hydrogens (tertiary/aromatic N) is 2. The first-order chi connectivity index (χ1) is 16.7. The van der Waals surface area contributed by atoms with E-state index in [1.165, 1.54) is 11.3 Å². The molecular formula is C28H22N2O3S. The van der Waals surface area contributed by atoms with Gasteiger partial charge in [-0.1, -0.05) is 59.9 Å². The third-order valence-electron chi connectivity index (χ3n) is 5.32. The Labute approximate surface area is 201 Å². The number of hydrogen-bond donors (Lipinski definition) is 0. The minimum absolute atomic E-state index is 0.124. The van der Waals surface area contributed by atoms with Crippen molar-refractivity contribution in [3.63, 3.8) is 0 Å². The molecule has 0 fully saturated rings. The zero-order valence-electron chi connectivity index (χ0n) is 18.5. The highest BCUT2D eigenvalue weighted by Gasteiger charge is 2.22. The van der Waals surface area contributed by atoms with Gasteiger partial charge in [-0.3, -0.25) is 9.69 Å². The van der Waals surface area contributed by atoms with Gasteiger partial charge in [-0.15, -0.1) is 0 Å². The van der Waals surface area contributed by atoms with Crippen LogP contribution in [0.15, 0.2) is 103 Å². The number of fused-ring (bicyclic) bond motifs is 1. The molecule has 5 rings (SSSR count). The summed E-state index contributed by atoms with van der Waals surface area (Å²) >= 11 is 1.49. The molecule has 4 aromatic carbocycles. The van der Waals surface area contributed by atoms with Crippen molar-refractivity contribution in [1.29, 1.82) is 0 Å². The van der Waals surface area contributed by atoms with Crippen LogP contribution in [0, 0.1) is 0 Å². The number of amides is 1. The van der Waals surface area contributed by atoms with E-state index >= 15 is 0 Å². The molecule has 0 aliphatic heterocycles. The van der Waals surface area contributed by atoms with Crippen molar-refractivity contribution in [3.05, 3.63) is 114 Å². The second kappa shape index (κ2) is 9.77. The molecule has 0 N–H and O–H groups in total. The van der Waals surface area contributed by atoms with Crippen LogP contribution in [0.5, 0.6) is 17.2 Å². The monoisotopic (exact) mass is 466 g/mol. The van der Waals surface area contributed by atoms with Crippen LogP contribution in [-0.2, 0) is 6.54 Å². The van der Waals surface area contributed by atoms with Crippen LogP contribution in [0.25, 0.3) is 10.2 Å². The van der Waals surface area contributed by atoms with Crippen LogP contribution in [0.4, 0.5) is 5.13 Å². The van der Waals surface area contributed by atoms with Crippen LogP contribution < -0.4 is 14.4 Å². The first-order valence-corrected chi connectivity index (χ1v) is 11.6. The molecule has 0 saturated heterocycles. The summed E-state index contributed by atoms with van der Waals surface area (Å²) in [4.78, 5) is 20.1. The van der Waals surface area contributed by atoms with Crippen molar-refractivity contribution in [3.8, 4) is 17.2 Å². The van der Waals surface area contributed by atoms with Crippen LogP contribution >= 0.6 is 11.3 Å². The first-order valence-electron chi connectivity index (χ1n) is 10.8. The number of ether oxygens (including phenoxy) is 2. The van der Waals surface area contributed by atoms with E-state index in [-0.39, 0.29) is 5.91 Å². The van der Waals surface area contributed by atoms with E-state index in [2.05, 4.69) is 0 Å². The molecule has 0 bridgehead atoms. The highest BCUT2D eigenvalue weighted by Crippen LogP contribution is 2.33. The summed E-state index contributed by atoms with van der Waals surface area (Å²) < 4.78 is 12.2. The van der Waals surface area contributed by atoms with Gasteiger partial charge in [0.2, 0.25) is 0 Å². The van der Waals surface area contributed by atoms with Gasteiger partial charge in [0.15, 0.2) is 5.13 Å². The molecule has 5 nitrogen and oxygen atoms in total. The number of rotatable bonds is 7. The van der Waals surface area contributed by atoms with Crippen molar-refractivity contribution in [2.24, 2.45) is 0 Å². The van der Waals surface area contributed by atoms with E-state index in [4.69, 9.17) is 14.5 Å². The SMILES string of the molecule is COc1ccc2sc(N(Cc3ccccc3)C(=O)c3ccc(Oc4ccccc4)cc3)nc2c1. The first kappa shape index (κ1) is 21.7. The Balaban J connectivity index is 1.45. The molecule has 0 aliphatic carbocycles. The molecule has 0 unspecified atom stereocenters. The number of methoxy groups -OCH3 is 1. The standard InChI is InChI=1S/C28H22N2O3S/c1-32-24-16-17-26-25(18-24)29-28(34-26)30(19-20-8-4-2-5-9-20)27(31)21-12-14-23(15-13-21)33-22-10-6-3-7-11-22/h2-18H,19H2,1H3. The van der Waals surface area contributed by atoms with Crippen LogP contribution in [0.1, 0.15) is 15.9 Å². The second-order valence-electron chi connectivity index (χ2n) is 7.65. The van der Waals surface area contributed by atoms with Crippen molar-refractivity contribution >= 4 is 32.6 Å². The number of aromatic nitrogens is 1. The summed E-state index contributed by atoms with van der Waals surface area (Å²) in [6.45, 7) is 0.416. The lowest BCUT2D eigenvalue weighted by Gasteiger charge is -2.20. The minimum Gasteiger partial charge on any atom is -0.497 e. The molecule has 0 atom stereocenters. The Hall–Kier alpha value is -4.16. The van der Waals surface area contributed by atoms with Crippen molar-refractivity contribution < 1.29 is 14.3 Å². The average molecular weight is 467 g/mol. The molecule has 1 heterocycles. The van der Waals surface area contributed by atoms with Gasteiger partial charge in [0, 0.05) is 11.6 Å². The predicted molar refractivity (Wildman–Crippen MR) is 136 cm³/mol. The minimum atomic E-state index is -0.124. The molecule has 168 valence electrons. The molecular weight excluding hydrogens is 444 g/mol. The van der Waals surface area contributed by atoms with Crippen molar-refractivity contribution in [1.82, 2.24) is 4.98 Å². The summed E-state index contributed by atoms with van der Waals surface area (Å²) in [6.07, 6.45) is 0. The summed E-state index contributed by atoms with van der Waals surface area (Å²) in [7, 11) is 1.63. The maximum absolute atomic E-state index is 13.6. The number of carbonyl (C=O) groups is 1. The maximum Gasteiger partial charge on any atom is 0.260 e. The second-order valence-corrected chi connectivity index (χ2v) is 8.66. The molecule has 0 saturated carbocycles. The lowest BCUT2D eigenvalue weighted by atomic mass is 10.1. The number of para-hydroxylation sites is 1. The van der Waals surface area contributed by atoms with Gasteiger partial charge in [-0.05, 0) is 54.1 Å². The number of carbonyl (C=O) groups excluding carboxylic acids is 1. The van der Waals surface area contributed by atoms with Crippen LogP contribution in [0.3, 0.4) is 0 Å². The molecule has 6 heteroatoms. The fraction of sp³-hybridized carbons (Fsp3) is 0.0714. The summed E-state index contributed by atoms with van der Waals surface area (Å²) in [5, 5.41) is 0.640. The Morgan fingerprint density at radius 2 is 1.47 bits per heavy atom. The molecule has 0 spiro atoms. The number of thiazole rings is 1. The largest absolute Gasteiger partial charge is 0.497 e. The van der Waals surface area contributed by atoms with E-state index in [9.17, 15) is 4.79 Å². The number of benzene rings is 4. The Morgan fingerprint density at radius 3 is 2.18 bits per heavy atom. The van der Waals surface area contributed by atoms with Gasteiger partial charge in [-0.25, -0.2) is 4.98 Å². The van der Waals surface area contributed by atoms with Crippen molar-refractivity contribution in [2.45, 2.75) is 6.54 Å². The molecule has 1 amide bonds. The van der Waals surface area contributed by atoms with E-state index < -0.39 is 0 Å². The van der Waals surface area contributed by atoms with E-state index in [0.29, 0.717) is 23.0 Å². The zero-order chi connectivity index (χ0) is 23.3. The van der Waals surface area contributed by atoms with Crippen LogP contribution in [0.2, 0.25) is 0 Å². The third kappa shape index (κ3) is 4.77. The highest BCUT2D eigenvalue weighted by atomic mass is 32.1. The van der Waals surface area contributed by atoms with Gasteiger partial charge >= 0.3 is 0 Å². The average Bonchev–Trinajstić information content (AvgIpc) is 3.31. The molecule has 34 heavy (non-hydrogen) atoms. The lowest BCUT2D eigenvalue weighted by Crippen LogP contribution is -2.30. The lowest BCUT2D eigenvalue weighted by molar-refractivity contribution is 0.0985. The van der Waals surface area contributed by atoms with E-state index in [1.54, 1.807) is 24.1 Å². The predicted octanol–water partition coefficient (Wildman–Crippen LogP) is 6.94. The maximum atomic E-state index is 13.6. The Morgan fingerprint density at radius 1 is 0.824 bits per heavy atom. The fourth-order valence-corrected chi connectivity index (χ4v) is 4.52. The summed E-state index contributed by atoms with van der Waals surface area (Å²) in [5.74, 6) is 2.03. The third-order valence-corrected chi connectivity index (χ3v) is 6.38. The number of anilines is 1.